The summed E-state index contributed by atoms with van der Waals surface area (Å²) >= 11 is 0. The molecule has 0 aromatic carbocycles. The Balaban J connectivity index is 3.73. The van der Waals surface area contributed by atoms with Crippen LogP contribution >= 0.6 is 0 Å². The maximum absolute atomic E-state index is 12.4. The van der Waals surface area contributed by atoms with E-state index in [4.69, 9.17) is 4.74 Å². The van der Waals surface area contributed by atoms with Crippen LogP contribution in [0.25, 0.3) is 0 Å². The molecule has 0 saturated heterocycles. The highest BCUT2D eigenvalue weighted by molar-refractivity contribution is 5.69. The molecule has 1 atom stereocenters. The molecule has 0 spiro atoms. The van der Waals surface area contributed by atoms with E-state index in [2.05, 4.69) is 20.4 Å². The first-order valence-electron chi connectivity index (χ1n) is 17.0. The normalized spacial score (nSPS) is 12.1. The maximum Gasteiger partial charge on any atom is 0.306 e. The van der Waals surface area contributed by atoms with Gasteiger partial charge in [-0.3, -0.25) is 4.79 Å². The molecule has 0 aliphatic carbocycles. The van der Waals surface area contributed by atoms with Gasteiger partial charge in [0.25, 0.3) is 0 Å². The molecule has 0 rings (SSSR count). The summed E-state index contributed by atoms with van der Waals surface area (Å²) in [5.74, 6) is 0.0368. The van der Waals surface area contributed by atoms with Crippen molar-refractivity contribution < 1.29 is 9.53 Å². The van der Waals surface area contributed by atoms with Crippen LogP contribution in [0.3, 0.4) is 0 Å². The Morgan fingerprint density at radius 2 is 0.892 bits per heavy atom. The lowest BCUT2D eigenvalue weighted by molar-refractivity contribution is -0.150. The van der Waals surface area contributed by atoms with Gasteiger partial charge in [-0.2, -0.15) is 0 Å². The first-order valence-corrected chi connectivity index (χ1v) is 17.0. The van der Waals surface area contributed by atoms with Gasteiger partial charge in [-0.1, -0.05) is 161 Å². The van der Waals surface area contributed by atoms with Crippen LogP contribution in [0.2, 0.25) is 0 Å². The van der Waals surface area contributed by atoms with E-state index in [0.717, 1.165) is 32.1 Å². The number of hydrogen-bond donors (Lipinski definition) is 0. The van der Waals surface area contributed by atoms with Crippen LogP contribution < -0.4 is 0 Å². The number of unbranched alkanes of at least 4 members (excludes halogenated alkanes) is 23. The highest BCUT2D eigenvalue weighted by Gasteiger charge is 2.14. The Morgan fingerprint density at radius 1 is 0.541 bits per heavy atom. The van der Waals surface area contributed by atoms with Crippen molar-refractivity contribution in [3.63, 3.8) is 0 Å². The minimum absolute atomic E-state index is 0.0368. The summed E-state index contributed by atoms with van der Waals surface area (Å²) in [7, 11) is 0. The standard InChI is InChI=1S/C35H68O2/c1-4-7-10-12-14-16-18-19-21-23-25-27-30-33-35(36)37-34(31-28-9-6-3)32-29-26-24-22-20-17-15-13-11-8-5-2/h6,34H,3-5,7-33H2,1-2H3. The fourth-order valence-corrected chi connectivity index (χ4v) is 5.32. The van der Waals surface area contributed by atoms with Gasteiger partial charge in [-0.05, 0) is 38.5 Å². The van der Waals surface area contributed by atoms with Gasteiger partial charge < -0.3 is 4.74 Å². The minimum atomic E-state index is 0.0368. The SMILES string of the molecule is C=CCCCC(CCCCCCCCCCCCC)OC(=O)CCCCCCCCCCCCCCC. The van der Waals surface area contributed by atoms with Crippen molar-refractivity contribution in [3.8, 4) is 0 Å². The topological polar surface area (TPSA) is 26.3 Å². The van der Waals surface area contributed by atoms with Crippen LogP contribution in [0.4, 0.5) is 0 Å². The fourth-order valence-electron chi connectivity index (χ4n) is 5.32. The molecular weight excluding hydrogens is 452 g/mol. The zero-order valence-electron chi connectivity index (χ0n) is 25.7. The first kappa shape index (κ1) is 36.2. The summed E-state index contributed by atoms with van der Waals surface area (Å²) in [5, 5.41) is 0. The van der Waals surface area contributed by atoms with Crippen LogP contribution in [0.1, 0.15) is 200 Å². The van der Waals surface area contributed by atoms with Gasteiger partial charge in [0.15, 0.2) is 0 Å². The second-order valence-electron chi connectivity index (χ2n) is 11.6. The van der Waals surface area contributed by atoms with Gasteiger partial charge in [-0.25, -0.2) is 0 Å². The summed E-state index contributed by atoms with van der Waals surface area (Å²) in [4.78, 5) is 12.4. The van der Waals surface area contributed by atoms with E-state index >= 15 is 0 Å². The Bertz CT molecular complexity index is 458. The van der Waals surface area contributed by atoms with Crippen molar-refractivity contribution in [2.24, 2.45) is 0 Å². The molecule has 1 unspecified atom stereocenters. The van der Waals surface area contributed by atoms with E-state index in [-0.39, 0.29) is 12.1 Å². The number of hydrogen-bond acceptors (Lipinski definition) is 2. The maximum atomic E-state index is 12.4. The lowest BCUT2D eigenvalue weighted by Crippen LogP contribution is -2.18. The number of carbonyl (C=O) groups is 1. The largest absolute Gasteiger partial charge is 0.462 e. The quantitative estimate of drug-likeness (QED) is 0.0516. The Labute approximate surface area is 234 Å². The van der Waals surface area contributed by atoms with Gasteiger partial charge in [0.05, 0.1) is 0 Å². The van der Waals surface area contributed by atoms with Crippen molar-refractivity contribution in [2.45, 2.75) is 206 Å². The zero-order valence-corrected chi connectivity index (χ0v) is 25.7. The van der Waals surface area contributed by atoms with E-state index in [1.54, 1.807) is 0 Å². The third-order valence-electron chi connectivity index (χ3n) is 7.85. The van der Waals surface area contributed by atoms with Crippen molar-refractivity contribution in [1.82, 2.24) is 0 Å². The molecule has 0 fully saturated rings. The van der Waals surface area contributed by atoms with Crippen LogP contribution in [-0.2, 0) is 9.53 Å². The highest BCUT2D eigenvalue weighted by atomic mass is 16.5. The lowest BCUT2D eigenvalue weighted by atomic mass is 10.0. The Hall–Kier alpha value is -0.790. The number of allylic oxidation sites excluding steroid dienone is 1. The summed E-state index contributed by atoms with van der Waals surface area (Å²) < 4.78 is 5.92. The third-order valence-corrected chi connectivity index (χ3v) is 7.85. The van der Waals surface area contributed by atoms with E-state index in [0.29, 0.717) is 6.42 Å². The zero-order chi connectivity index (χ0) is 27.1. The van der Waals surface area contributed by atoms with Crippen molar-refractivity contribution >= 4 is 5.97 Å². The van der Waals surface area contributed by atoms with Crippen LogP contribution in [0.15, 0.2) is 12.7 Å². The molecular formula is C35H68O2. The monoisotopic (exact) mass is 521 g/mol. The average Bonchev–Trinajstić information content (AvgIpc) is 2.90. The number of rotatable bonds is 31. The molecule has 0 amide bonds. The van der Waals surface area contributed by atoms with E-state index in [1.165, 1.54) is 148 Å². The fraction of sp³-hybridized carbons (Fsp3) is 0.914. The second-order valence-corrected chi connectivity index (χ2v) is 11.6. The Kier molecular flexibility index (Phi) is 30.8. The molecule has 0 saturated carbocycles. The van der Waals surface area contributed by atoms with Crippen molar-refractivity contribution in [2.75, 3.05) is 0 Å². The molecule has 0 heterocycles. The van der Waals surface area contributed by atoms with E-state index in [9.17, 15) is 4.79 Å². The molecule has 0 N–H and O–H groups in total. The molecule has 2 nitrogen and oxygen atoms in total. The van der Waals surface area contributed by atoms with Crippen molar-refractivity contribution in [1.29, 1.82) is 0 Å². The van der Waals surface area contributed by atoms with Gasteiger partial charge in [0.2, 0.25) is 0 Å². The molecule has 0 aliphatic rings. The summed E-state index contributed by atoms with van der Waals surface area (Å²) in [5.41, 5.74) is 0. The molecule has 0 radical (unpaired) electrons. The van der Waals surface area contributed by atoms with Gasteiger partial charge in [0.1, 0.15) is 6.10 Å². The predicted molar refractivity (Wildman–Crippen MR) is 165 cm³/mol. The number of ether oxygens (including phenoxy) is 1. The lowest BCUT2D eigenvalue weighted by Gasteiger charge is -2.18. The molecule has 2 heteroatoms. The summed E-state index contributed by atoms with van der Waals surface area (Å²) in [6.07, 6.45) is 39.2. The molecule has 0 bridgehead atoms. The highest BCUT2D eigenvalue weighted by Crippen LogP contribution is 2.18. The van der Waals surface area contributed by atoms with Gasteiger partial charge in [-0.15, -0.1) is 6.58 Å². The van der Waals surface area contributed by atoms with Crippen LogP contribution in [0.5, 0.6) is 0 Å². The molecule has 0 aromatic heterocycles. The van der Waals surface area contributed by atoms with E-state index < -0.39 is 0 Å². The summed E-state index contributed by atoms with van der Waals surface area (Å²) in [6, 6.07) is 0. The second kappa shape index (κ2) is 31.4. The van der Waals surface area contributed by atoms with Gasteiger partial charge in [0, 0.05) is 6.42 Å². The number of carbonyl (C=O) groups excluding carboxylic acids is 1. The first-order chi connectivity index (χ1) is 18.2. The predicted octanol–water partition coefficient (Wildman–Crippen LogP) is 12.4. The van der Waals surface area contributed by atoms with E-state index in [1.807, 2.05) is 6.08 Å². The van der Waals surface area contributed by atoms with Crippen molar-refractivity contribution in [3.05, 3.63) is 12.7 Å². The smallest absolute Gasteiger partial charge is 0.306 e. The third kappa shape index (κ3) is 29.6. The molecule has 0 aliphatic heterocycles. The Morgan fingerprint density at radius 3 is 1.30 bits per heavy atom. The van der Waals surface area contributed by atoms with Crippen LogP contribution in [-0.4, -0.2) is 12.1 Å². The van der Waals surface area contributed by atoms with Crippen LogP contribution in [0, 0.1) is 0 Å². The van der Waals surface area contributed by atoms with Gasteiger partial charge >= 0.3 is 5.97 Å². The molecule has 37 heavy (non-hydrogen) atoms. The summed E-state index contributed by atoms with van der Waals surface area (Å²) in [6.45, 7) is 8.41. The average molecular weight is 521 g/mol. The molecule has 220 valence electrons. The number of esters is 1. The molecule has 0 aromatic rings. The minimum Gasteiger partial charge on any atom is -0.462 e.